The molecule has 0 saturated carbocycles. The average molecular weight is 172 g/mol. The minimum Gasteiger partial charge on any atom is -0.376 e. The van der Waals surface area contributed by atoms with E-state index in [0.29, 0.717) is 12.2 Å². The fraction of sp³-hybridized carbons (Fsp3) is 1.00. The molecule has 0 aliphatic carbocycles. The van der Waals surface area contributed by atoms with Gasteiger partial charge in [0.25, 0.3) is 0 Å². The molecule has 1 aliphatic rings. The SMILES string of the molecule is CC1CC(C)OC(C)C1.CCC. The molecule has 1 heteroatoms. The maximum Gasteiger partial charge on any atom is 0.0553 e. The summed E-state index contributed by atoms with van der Waals surface area (Å²) in [6.07, 6.45) is 4.71. The zero-order valence-corrected chi connectivity index (χ0v) is 9.26. The molecule has 1 saturated heterocycles. The Morgan fingerprint density at radius 2 is 1.33 bits per heavy atom. The molecule has 1 nitrogen and oxygen atoms in total. The number of hydrogen-bond donors (Lipinski definition) is 0. The van der Waals surface area contributed by atoms with Crippen LogP contribution in [0, 0.1) is 5.92 Å². The van der Waals surface area contributed by atoms with Gasteiger partial charge in [-0.3, -0.25) is 0 Å². The highest BCUT2D eigenvalue weighted by molar-refractivity contribution is 4.69. The van der Waals surface area contributed by atoms with E-state index in [0.717, 1.165) is 5.92 Å². The summed E-state index contributed by atoms with van der Waals surface area (Å²) in [5.74, 6) is 0.865. The van der Waals surface area contributed by atoms with Gasteiger partial charge in [-0.2, -0.15) is 0 Å². The molecule has 0 amide bonds. The van der Waals surface area contributed by atoms with Gasteiger partial charge in [-0.25, -0.2) is 0 Å². The van der Waals surface area contributed by atoms with E-state index in [1.54, 1.807) is 0 Å². The van der Waals surface area contributed by atoms with Crippen LogP contribution in [0.15, 0.2) is 0 Å². The van der Waals surface area contributed by atoms with Gasteiger partial charge in [0.1, 0.15) is 0 Å². The summed E-state index contributed by atoms with van der Waals surface area (Å²) in [5, 5.41) is 0. The van der Waals surface area contributed by atoms with E-state index in [1.165, 1.54) is 19.3 Å². The number of ether oxygens (including phenoxy) is 1. The van der Waals surface area contributed by atoms with Gasteiger partial charge < -0.3 is 4.74 Å². The minimum atomic E-state index is 0.490. The maximum absolute atomic E-state index is 5.56. The van der Waals surface area contributed by atoms with Crippen molar-refractivity contribution >= 4 is 0 Å². The number of hydrogen-bond acceptors (Lipinski definition) is 1. The van der Waals surface area contributed by atoms with Crippen molar-refractivity contribution in [2.75, 3.05) is 0 Å². The molecule has 0 aromatic heterocycles. The van der Waals surface area contributed by atoms with Crippen molar-refractivity contribution in [3.05, 3.63) is 0 Å². The molecular weight excluding hydrogens is 148 g/mol. The number of rotatable bonds is 0. The summed E-state index contributed by atoms with van der Waals surface area (Å²) in [5.41, 5.74) is 0. The van der Waals surface area contributed by atoms with Crippen LogP contribution in [0.25, 0.3) is 0 Å². The van der Waals surface area contributed by atoms with Crippen molar-refractivity contribution < 1.29 is 4.74 Å². The van der Waals surface area contributed by atoms with E-state index < -0.39 is 0 Å². The first-order valence-electron chi connectivity index (χ1n) is 5.25. The van der Waals surface area contributed by atoms with Crippen LogP contribution in [0.3, 0.4) is 0 Å². The average Bonchev–Trinajstić information content (AvgIpc) is 1.84. The Balaban J connectivity index is 0.000000354. The lowest BCUT2D eigenvalue weighted by molar-refractivity contribution is -0.0485. The van der Waals surface area contributed by atoms with Crippen molar-refractivity contribution in [1.29, 1.82) is 0 Å². The van der Waals surface area contributed by atoms with Crippen LogP contribution in [0.5, 0.6) is 0 Å². The summed E-state index contributed by atoms with van der Waals surface area (Å²) in [7, 11) is 0. The third-order valence-electron chi connectivity index (χ3n) is 1.93. The third kappa shape index (κ3) is 5.59. The quantitative estimate of drug-likeness (QED) is 0.542. The van der Waals surface area contributed by atoms with Crippen molar-refractivity contribution in [2.45, 2.75) is 66.1 Å². The van der Waals surface area contributed by atoms with Crippen LogP contribution < -0.4 is 0 Å². The Morgan fingerprint density at radius 1 is 1.00 bits per heavy atom. The van der Waals surface area contributed by atoms with E-state index >= 15 is 0 Å². The monoisotopic (exact) mass is 172 g/mol. The van der Waals surface area contributed by atoms with E-state index in [4.69, 9.17) is 4.74 Å². The molecule has 0 aromatic rings. The molecule has 0 spiro atoms. The normalized spacial score (nSPS) is 35.2. The standard InChI is InChI=1S/C8H16O.C3H8/c1-6-4-7(2)9-8(3)5-6;1-3-2/h6-8H,4-5H2,1-3H3;3H2,1-2H3. The fourth-order valence-electron chi connectivity index (χ4n) is 1.74. The van der Waals surface area contributed by atoms with Crippen molar-refractivity contribution in [3.63, 3.8) is 0 Å². The molecule has 2 unspecified atom stereocenters. The van der Waals surface area contributed by atoms with Crippen molar-refractivity contribution in [1.82, 2.24) is 0 Å². The Hall–Kier alpha value is -0.0400. The summed E-state index contributed by atoms with van der Waals surface area (Å²) in [6.45, 7) is 10.9. The molecule has 1 heterocycles. The first-order chi connectivity index (χ1) is 5.60. The van der Waals surface area contributed by atoms with E-state index in [1.807, 2.05) is 0 Å². The second-order valence-corrected chi connectivity index (χ2v) is 4.04. The van der Waals surface area contributed by atoms with Crippen LogP contribution in [-0.4, -0.2) is 12.2 Å². The van der Waals surface area contributed by atoms with Crippen molar-refractivity contribution in [3.8, 4) is 0 Å². The summed E-state index contributed by atoms with van der Waals surface area (Å²) >= 11 is 0. The first kappa shape index (κ1) is 12.0. The zero-order valence-electron chi connectivity index (χ0n) is 9.26. The Bertz CT molecular complexity index is 76.2. The molecule has 2 atom stereocenters. The molecule has 1 rings (SSSR count). The van der Waals surface area contributed by atoms with Gasteiger partial charge in [0.2, 0.25) is 0 Å². The van der Waals surface area contributed by atoms with E-state index in [-0.39, 0.29) is 0 Å². The van der Waals surface area contributed by atoms with Crippen LogP contribution in [0.1, 0.15) is 53.9 Å². The lowest BCUT2D eigenvalue weighted by Crippen LogP contribution is -2.27. The second kappa shape index (κ2) is 6.47. The van der Waals surface area contributed by atoms with Gasteiger partial charge in [-0.1, -0.05) is 27.2 Å². The highest BCUT2D eigenvalue weighted by Gasteiger charge is 2.20. The minimum absolute atomic E-state index is 0.490. The zero-order chi connectivity index (χ0) is 9.56. The molecular formula is C11H24O. The van der Waals surface area contributed by atoms with E-state index in [2.05, 4.69) is 34.6 Å². The van der Waals surface area contributed by atoms with Gasteiger partial charge in [0.15, 0.2) is 0 Å². The smallest absolute Gasteiger partial charge is 0.0553 e. The molecule has 0 N–H and O–H groups in total. The van der Waals surface area contributed by atoms with Gasteiger partial charge in [-0.05, 0) is 32.6 Å². The highest BCUT2D eigenvalue weighted by Crippen LogP contribution is 2.23. The van der Waals surface area contributed by atoms with Crippen LogP contribution >= 0.6 is 0 Å². The van der Waals surface area contributed by atoms with Gasteiger partial charge in [0, 0.05) is 0 Å². The molecule has 74 valence electrons. The topological polar surface area (TPSA) is 9.23 Å². The van der Waals surface area contributed by atoms with Crippen LogP contribution in [0.4, 0.5) is 0 Å². The Labute approximate surface area is 77.5 Å². The molecule has 0 radical (unpaired) electrons. The largest absolute Gasteiger partial charge is 0.376 e. The first-order valence-corrected chi connectivity index (χ1v) is 5.25. The lowest BCUT2D eigenvalue weighted by atomic mass is 9.95. The van der Waals surface area contributed by atoms with Gasteiger partial charge >= 0.3 is 0 Å². The second-order valence-electron chi connectivity index (χ2n) is 4.04. The predicted octanol–water partition coefficient (Wildman–Crippen LogP) is 3.63. The summed E-state index contributed by atoms with van der Waals surface area (Å²) in [6, 6.07) is 0. The lowest BCUT2D eigenvalue weighted by Gasteiger charge is -2.29. The fourth-order valence-corrected chi connectivity index (χ4v) is 1.74. The predicted molar refractivity (Wildman–Crippen MR) is 54.4 cm³/mol. The third-order valence-corrected chi connectivity index (χ3v) is 1.93. The molecule has 0 aromatic carbocycles. The maximum atomic E-state index is 5.56. The van der Waals surface area contributed by atoms with Crippen molar-refractivity contribution in [2.24, 2.45) is 5.92 Å². The highest BCUT2D eigenvalue weighted by atomic mass is 16.5. The molecule has 0 bridgehead atoms. The Kier molecular flexibility index (Phi) is 6.45. The molecule has 1 fully saturated rings. The van der Waals surface area contributed by atoms with E-state index in [9.17, 15) is 0 Å². The summed E-state index contributed by atoms with van der Waals surface area (Å²) in [4.78, 5) is 0. The van der Waals surface area contributed by atoms with Gasteiger partial charge in [0.05, 0.1) is 12.2 Å². The molecule has 1 aliphatic heterocycles. The van der Waals surface area contributed by atoms with Gasteiger partial charge in [-0.15, -0.1) is 0 Å². The van der Waals surface area contributed by atoms with Crippen LogP contribution in [-0.2, 0) is 4.74 Å². The molecule has 12 heavy (non-hydrogen) atoms. The van der Waals surface area contributed by atoms with Crippen LogP contribution in [0.2, 0.25) is 0 Å². The Morgan fingerprint density at radius 3 is 1.58 bits per heavy atom. The summed E-state index contributed by atoms with van der Waals surface area (Å²) < 4.78 is 5.56.